The summed E-state index contributed by atoms with van der Waals surface area (Å²) in [6, 6.07) is 3.87. The number of aromatic nitrogens is 1. The predicted molar refractivity (Wildman–Crippen MR) is 63.8 cm³/mol. The summed E-state index contributed by atoms with van der Waals surface area (Å²) in [5.41, 5.74) is 0.962. The molecule has 1 heterocycles. The van der Waals surface area contributed by atoms with Gasteiger partial charge in [-0.15, -0.1) is 11.3 Å². The molecule has 0 saturated heterocycles. The highest BCUT2D eigenvalue weighted by Gasteiger charge is 2.07. The Kier molecular flexibility index (Phi) is 3.81. The fourth-order valence-electron chi connectivity index (χ4n) is 1.51. The third kappa shape index (κ3) is 3.08. The number of hydrogen-bond donors (Lipinski definition) is 1. The van der Waals surface area contributed by atoms with Gasteiger partial charge in [0.15, 0.2) is 0 Å². The van der Waals surface area contributed by atoms with E-state index in [2.05, 4.69) is 10.3 Å². The fraction of sp³-hybridized carbons (Fsp3) is 0.250. The summed E-state index contributed by atoms with van der Waals surface area (Å²) in [5.74, 6) is -1.04. The monoisotopic (exact) mass is 254 g/mol. The van der Waals surface area contributed by atoms with E-state index in [1.807, 2.05) is 12.3 Å². The molecule has 2 rings (SSSR count). The molecule has 0 spiro atoms. The molecule has 1 aromatic carbocycles. The quantitative estimate of drug-likeness (QED) is 0.907. The van der Waals surface area contributed by atoms with Crippen LogP contribution in [0.2, 0.25) is 0 Å². The van der Waals surface area contributed by atoms with Gasteiger partial charge >= 0.3 is 0 Å². The van der Waals surface area contributed by atoms with E-state index in [4.69, 9.17) is 0 Å². The van der Waals surface area contributed by atoms with E-state index < -0.39 is 11.6 Å². The second-order valence-electron chi connectivity index (χ2n) is 3.66. The zero-order valence-electron chi connectivity index (χ0n) is 9.34. The minimum absolute atomic E-state index is 0.0689. The van der Waals surface area contributed by atoms with Crippen molar-refractivity contribution >= 4 is 11.3 Å². The largest absolute Gasteiger partial charge is 0.307 e. The van der Waals surface area contributed by atoms with Crippen molar-refractivity contribution in [3.63, 3.8) is 0 Å². The summed E-state index contributed by atoms with van der Waals surface area (Å²) in [7, 11) is 0. The normalized spacial score (nSPS) is 10.8. The minimum Gasteiger partial charge on any atom is -0.307 e. The van der Waals surface area contributed by atoms with Crippen LogP contribution in [0.1, 0.15) is 16.3 Å². The SMILES string of the molecule is Cc1nc(CNCc2c(F)cccc2F)cs1. The Morgan fingerprint density at radius 2 is 1.94 bits per heavy atom. The molecule has 90 valence electrons. The number of aryl methyl sites for hydroxylation is 1. The van der Waals surface area contributed by atoms with Crippen LogP contribution >= 0.6 is 11.3 Å². The smallest absolute Gasteiger partial charge is 0.130 e. The van der Waals surface area contributed by atoms with E-state index in [0.29, 0.717) is 6.54 Å². The van der Waals surface area contributed by atoms with Crippen molar-refractivity contribution in [2.45, 2.75) is 20.0 Å². The first-order valence-corrected chi connectivity index (χ1v) is 6.09. The number of thiazole rings is 1. The number of hydrogen-bond acceptors (Lipinski definition) is 3. The van der Waals surface area contributed by atoms with Crippen LogP contribution in [-0.4, -0.2) is 4.98 Å². The lowest BCUT2D eigenvalue weighted by Crippen LogP contribution is -2.15. The lowest BCUT2D eigenvalue weighted by atomic mass is 10.2. The maximum absolute atomic E-state index is 13.3. The van der Waals surface area contributed by atoms with Crippen molar-refractivity contribution in [2.75, 3.05) is 0 Å². The lowest BCUT2D eigenvalue weighted by molar-refractivity contribution is 0.534. The summed E-state index contributed by atoms with van der Waals surface area (Å²) in [6.07, 6.45) is 0. The molecule has 2 aromatic rings. The van der Waals surface area contributed by atoms with E-state index in [1.165, 1.54) is 18.2 Å². The maximum Gasteiger partial charge on any atom is 0.130 e. The Balaban J connectivity index is 1.94. The molecule has 1 aromatic heterocycles. The summed E-state index contributed by atoms with van der Waals surface area (Å²) in [6.45, 7) is 2.60. The van der Waals surface area contributed by atoms with Gasteiger partial charge in [0.05, 0.1) is 10.7 Å². The molecule has 0 aliphatic rings. The van der Waals surface area contributed by atoms with Gasteiger partial charge in [0, 0.05) is 24.0 Å². The van der Waals surface area contributed by atoms with Crippen molar-refractivity contribution in [1.29, 1.82) is 0 Å². The summed E-state index contributed by atoms with van der Waals surface area (Å²) in [4.78, 5) is 4.26. The highest BCUT2D eigenvalue weighted by Crippen LogP contribution is 2.12. The van der Waals surface area contributed by atoms with Gasteiger partial charge in [0.1, 0.15) is 11.6 Å². The molecule has 5 heteroatoms. The molecule has 0 unspecified atom stereocenters. The average Bonchev–Trinajstić information content (AvgIpc) is 2.69. The van der Waals surface area contributed by atoms with Crippen LogP contribution < -0.4 is 5.32 Å². The third-order valence-electron chi connectivity index (χ3n) is 2.34. The van der Waals surface area contributed by atoms with Crippen LogP contribution in [-0.2, 0) is 13.1 Å². The number of halogens is 2. The van der Waals surface area contributed by atoms with Gasteiger partial charge in [-0.05, 0) is 19.1 Å². The number of nitrogens with zero attached hydrogens (tertiary/aromatic N) is 1. The Bertz CT molecular complexity index is 491. The molecule has 0 atom stereocenters. The molecular formula is C12H12F2N2S. The first kappa shape index (κ1) is 12.1. The minimum atomic E-state index is -0.521. The number of benzene rings is 1. The Morgan fingerprint density at radius 3 is 2.53 bits per heavy atom. The zero-order valence-corrected chi connectivity index (χ0v) is 10.2. The highest BCUT2D eigenvalue weighted by molar-refractivity contribution is 7.09. The van der Waals surface area contributed by atoms with E-state index in [-0.39, 0.29) is 12.1 Å². The molecule has 0 radical (unpaired) electrons. The highest BCUT2D eigenvalue weighted by atomic mass is 32.1. The van der Waals surface area contributed by atoms with Crippen LogP contribution in [0.5, 0.6) is 0 Å². The van der Waals surface area contributed by atoms with E-state index in [0.717, 1.165) is 10.7 Å². The first-order chi connectivity index (χ1) is 8.16. The van der Waals surface area contributed by atoms with E-state index in [9.17, 15) is 8.78 Å². The Morgan fingerprint density at radius 1 is 1.24 bits per heavy atom. The Hall–Kier alpha value is -1.33. The standard InChI is InChI=1S/C12H12F2N2S/c1-8-16-9(7-17-8)5-15-6-10-11(13)3-2-4-12(10)14/h2-4,7,15H,5-6H2,1H3. The molecule has 0 aliphatic heterocycles. The molecule has 1 N–H and O–H groups in total. The van der Waals surface area contributed by atoms with Crippen LogP contribution in [0.3, 0.4) is 0 Å². The predicted octanol–water partition coefficient (Wildman–Crippen LogP) is 3.02. The van der Waals surface area contributed by atoms with Crippen molar-refractivity contribution < 1.29 is 8.78 Å². The van der Waals surface area contributed by atoms with Crippen LogP contribution in [0.25, 0.3) is 0 Å². The molecule has 0 fully saturated rings. The van der Waals surface area contributed by atoms with Gasteiger partial charge in [-0.3, -0.25) is 0 Å². The second kappa shape index (κ2) is 5.33. The van der Waals surface area contributed by atoms with Crippen molar-refractivity contribution in [3.05, 3.63) is 51.5 Å². The van der Waals surface area contributed by atoms with Gasteiger partial charge in [-0.25, -0.2) is 13.8 Å². The van der Waals surface area contributed by atoms with E-state index >= 15 is 0 Å². The molecule has 0 bridgehead atoms. The van der Waals surface area contributed by atoms with Gasteiger partial charge < -0.3 is 5.32 Å². The number of rotatable bonds is 4. The van der Waals surface area contributed by atoms with Crippen molar-refractivity contribution in [1.82, 2.24) is 10.3 Å². The third-order valence-corrected chi connectivity index (χ3v) is 3.16. The number of nitrogens with one attached hydrogen (secondary N) is 1. The van der Waals surface area contributed by atoms with Gasteiger partial charge in [-0.2, -0.15) is 0 Å². The van der Waals surface area contributed by atoms with Crippen LogP contribution in [0.4, 0.5) is 8.78 Å². The van der Waals surface area contributed by atoms with Crippen LogP contribution in [0.15, 0.2) is 23.6 Å². The molecule has 2 nitrogen and oxygen atoms in total. The van der Waals surface area contributed by atoms with Crippen molar-refractivity contribution in [3.8, 4) is 0 Å². The second-order valence-corrected chi connectivity index (χ2v) is 4.72. The summed E-state index contributed by atoms with van der Waals surface area (Å²) >= 11 is 1.56. The van der Waals surface area contributed by atoms with Gasteiger partial charge in [-0.1, -0.05) is 6.07 Å². The lowest BCUT2D eigenvalue weighted by Gasteiger charge is -2.05. The fourth-order valence-corrected chi connectivity index (χ4v) is 2.12. The topological polar surface area (TPSA) is 24.9 Å². The first-order valence-electron chi connectivity index (χ1n) is 5.21. The van der Waals surface area contributed by atoms with Gasteiger partial charge in [0.2, 0.25) is 0 Å². The van der Waals surface area contributed by atoms with Crippen molar-refractivity contribution in [2.24, 2.45) is 0 Å². The summed E-state index contributed by atoms with van der Waals surface area (Å²) in [5, 5.41) is 5.89. The average molecular weight is 254 g/mol. The molecular weight excluding hydrogens is 242 g/mol. The Labute approximate surface area is 102 Å². The molecule has 17 heavy (non-hydrogen) atoms. The van der Waals surface area contributed by atoms with Crippen LogP contribution in [0, 0.1) is 18.6 Å². The van der Waals surface area contributed by atoms with Gasteiger partial charge in [0.25, 0.3) is 0 Å². The maximum atomic E-state index is 13.3. The van der Waals surface area contributed by atoms with E-state index in [1.54, 1.807) is 11.3 Å². The molecule has 0 saturated carbocycles. The summed E-state index contributed by atoms with van der Waals surface area (Å²) < 4.78 is 26.6. The zero-order chi connectivity index (χ0) is 12.3. The molecule has 0 aliphatic carbocycles. The molecule has 0 amide bonds.